The maximum atomic E-state index is 12.5. The van der Waals surface area contributed by atoms with E-state index in [2.05, 4.69) is 6.92 Å². The van der Waals surface area contributed by atoms with Gasteiger partial charge in [-0.3, -0.25) is 9.59 Å². The molecule has 0 amide bonds. The molecular formula is C21H26O4. The molecule has 2 saturated heterocycles. The Morgan fingerprint density at radius 3 is 2.92 bits per heavy atom. The monoisotopic (exact) mass is 342 g/mol. The van der Waals surface area contributed by atoms with Crippen LogP contribution in [0.2, 0.25) is 0 Å². The van der Waals surface area contributed by atoms with Crippen LogP contribution >= 0.6 is 0 Å². The van der Waals surface area contributed by atoms with Gasteiger partial charge >= 0.3 is 0 Å². The Morgan fingerprint density at radius 2 is 2.04 bits per heavy atom. The maximum absolute atomic E-state index is 12.5. The minimum atomic E-state index is -0.167. The molecule has 0 aromatic heterocycles. The number of hydrogen-bond acceptors (Lipinski definition) is 4. The summed E-state index contributed by atoms with van der Waals surface area (Å²) in [5.74, 6) is 2.45. The van der Waals surface area contributed by atoms with Crippen LogP contribution in [-0.4, -0.2) is 30.6 Å². The van der Waals surface area contributed by atoms with Crippen molar-refractivity contribution in [2.75, 3.05) is 6.61 Å². The molecule has 0 aromatic carbocycles. The average Bonchev–Trinajstić information content (AvgIpc) is 3.13. The Labute approximate surface area is 148 Å². The van der Waals surface area contributed by atoms with Crippen molar-refractivity contribution < 1.29 is 19.1 Å². The van der Waals surface area contributed by atoms with E-state index in [1.807, 2.05) is 6.08 Å². The topological polar surface area (TPSA) is 52.6 Å². The van der Waals surface area contributed by atoms with E-state index in [4.69, 9.17) is 9.47 Å². The van der Waals surface area contributed by atoms with Crippen LogP contribution in [0.4, 0.5) is 0 Å². The molecule has 25 heavy (non-hydrogen) atoms. The first-order chi connectivity index (χ1) is 12.0. The third-order valence-corrected chi connectivity index (χ3v) is 8.98. The fourth-order valence-electron chi connectivity index (χ4n) is 8.12. The molecule has 2 aliphatic heterocycles. The highest BCUT2D eigenvalue weighted by atomic mass is 16.7. The summed E-state index contributed by atoms with van der Waals surface area (Å²) in [5.41, 5.74) is 1.42. The molecule has 2 bridgehead atoms. The molecule has 8 atom stereocenters. The van der Waals surface area contributed by atoms with Crippen LogP contribution in [0.5, 0.6) is 0 Å². The lowest BCUT2D eigenvalue weighted by molar-refractivity contribution is -0.210. The van der Waals surface area contributed by atoms with Crippen LogP contribution < -0.4 is 0 Å². The standard InChI is InChI=1S/C21H26O4/c1-20-7-6-12(22)8-11(20)2-3-13-14-4-5-15-16(23)10-24-19-21(14,15)9-17(25-19)18(13)20/h8,13-15,17-19H,2-7,9-10H2,1H3/t13-,14-,15+,17-,18+,19?,20-,21+/m0/s1. The van der Waals surface area contributed by atoms with Gasteiger partial charge in [-0.05, 0) is 67.8 Å². The van der Waals surface area contributed by atoms with Crippen molar-refractivity contribution in [3.63, 3.8) is 0 Å². The molecule has 1 unspecified atom stereocenters. The summed E-state index contributed by atoms with van der Waals surface area (Å²) in [6, 6.07) is 0. The van der Waals surface area contributed by atoms with E-state index in [0.29, 0.717) is 35.7 Å². The van der Waals surface area contributed by atoms with Gasteiger partial charge in [-0.2, -0.15) is 0 Å². The van der Waals surface area contributed by atoms with Crippen LogP contribution in [0.25, 0.3) is 0 Å². The first-order valence-corrected chi connectivity index (χ1v) is 10.1. The van der Waals surface area contributed by atoms with Crippen molar-refractivity contribution in [1.82, 2.24) is 0 Å². The highest BCUT2D eigenvalue weighted by Crippen LogP contribution is 2.72. The van der Waals surface area contributed by atoms with Gasteiger partial charge in [-0.1, -0.05) is 12.5 Å². The van der Waals surface area contributed by atoms with E-state index in [1.165, 1.54) is 5.57 Å². The van der Waals surface area contributed by atoms with E-state index in [9.17, 15) is 9.59 Å². The van der Waals surface area contributed by atoms with Gasteiger partial charge in [0.15, 0.2) is 17.9 Å². The summed E-state index contributed by atoms with van der Waals surface area (Å²) in [7, 11) is 0. The molecule has 4 aliphatic carbocycles. The Hall–Kier alpha value is -1.00. The summed E-state index contributed by atoms with van der Waals surface area (Å²) in [4.78, 5) is 24.5. The van der Waals surface area contributed by atoms with E-state index in [1.54, 1.807) is 0 Å². The van der Waals surface area contributed by atoms with Crippen molar-refractivity contribution in [2.24, 2.45) is 34.5 Å². The molecule has 2 heterocycles. The Bertz CT molecular complexity index is 711. The number of carbonyl (C=O) groups is 2. The summed E-state index contributed by atoms with van der Waals surface area (Å²) in [5, 5.41) is 0. The lowest BCUT2D eigenvalue weighted by Gasteiger charge is -2.57. The SMILES string of the molecule is C[C@]12CCC(=O)C=C1CC[C@@H]1[C@@H]2[C@@H]2C[C@]34C(OCC(=O)[C@H]3CC[C@@H]14)O2. The Balaban J connectivity index is 1.47. The van der Waals surface area contributed by atoms with Crippen LogP contribution in [0.1, 0.15) is 51.9 Å². The molecular weight excluding hydrogens is 316 g/mol. The van der Waals surface area contributed by atoms with Crippen molar-refractivity contribution >= 4 is 11.6 Å². The number of hydrogen-bond donors (Lipinski definition) is 0. The summed E-state index contributed by atoms with van der Waals surface area (Å²) in [6.07, 6.45) is 8.99. The number of allylic oxidation sites excluding steroid dienone is 1. The number of fused-ring (bicyclic) bond motifs is 6. The first-order valence-electron chi connectivity index (χ1n) is 10.1. The van der Waals surface area contributed by atoms with Gasteiger partial charge in [-0.25, -0.2) is 0 Å². The molecule has 0 aromatic rings. The normalized spacial score (nSPS) is 56.1. The van der Waals surface area contributed by atoms with E-state index >= 15 is 0 Å². The van der Waals surface area contributed by atoms with E-state index < -0.39 is 0 Å². The second-order valence-corrected chi connectivity index (χ2v) is 9.62. The fourth-order valence-corrected chi connectivity index (χ4v) is 8.12. The van der Waals surface area contributed by atoms with Crippen molar-refractivity contribution in [3.05, 3.63) is 11.6 Å². The minimum absolute atomic E-state index is 0.0385. The summed E-state index contributed by atoms with van der Waals surface area (Å²) >= 11 is 0. The molecule has 134 valence electrons. The van der Waals surface area contributed by atoms with Gasteiger partial charge in [0.05, 0.1) is 6.10 Å². The Morgan fingerprint density at radius 1 is 1.16 bits per heavy atom. The van der Waals surface area contributed by atoms with Crippen LogP contribution in [0.15, 0.2) is 11.6 Å². The first kappa shape index (κ1) is 15.1. The number of Topliss-reactive ketones (excluding diaryl/α,β-unsaturated/α-hetero) is 1. The van der Waals surface area contributed by atoms with Gasteiger partial charge < -0.3 is 9.47 Å². The zero-order valence-electron chi connectivity index (χ0n) is 14.8. The molecule has 5 fully saturated rings. The zero-order chi connectivity index (χ0) is 17.0. The zero-order valence-corrected chi connectivity index (χ0v) is 14.8. The van der Waals surface area contributed by atoms with Crippen molar-refractivity contribution in [2.45, 2.75) is 64.3 Å². The summed E-state index contributed by atoms with van der Waals surface area (Å²) < 4.78 is 12.5. The molecule has 0 radical (unpaired) electrons. The maximum Gasteiger partial charge on any atom is 0.165 e. The third kappa shape index (κ3) is 1.63. The van der Waals surface area contributed by atoms with E-state index in [0.717, 1.165) is 38.5 Å². The second kappa shape index (κ2) is 4.64. The Kier molecular flexibility index (Phi) is 2.80. The van der Waals surface area contributed by atoms with Gasteiger partial charge in [0, 0.05) is 17.8 Å². The number of ketones is 2. The third-order valence-electron chi connectivity index (χ3n) is 8.98. The fraction of sp³-hybridized carbons (Fsp3) is 0.810. The number of rotatable bonds is 0. The van der Waals surface area contributed by atoms with Crippen LogP contribution in [0, 0.1) is 34.5 Å². The predicted molar refractivity (Wildman–Crippen MR) is 89.5 cm³/mol. The lowest BCUT2D eigenvalue weighted by Crippen LogP contribution is -2.57. The molecule has 4 heteroatoms. The largest absolute Gasteiger partial charge is 0.348 e. The smallest absolute Gasteiger partial charge is 0.165 e. The predicted octanol–water partition coefficient (Wildman–Crippen LogP) is 3.05. The van der Waals surface area contributed by atoms with Crippen LogP contribution in [0.3, 0.4) is 0 Å². The lowest BCUT2D eigenvalue weighted by atomic mass is 9.46. The average molecular weight is 342 g/mol. The molecule has 6 rings (SSSR count). The van der Waals surface area contributed by atoms with Crippen molar-refractivity contribution in [1.29, 1.82) is 0 Å². The van der Waals surface area contributed by atoms with Gasteiger partial charge in [0.25, 0.3) is 0 Å². The molecule has 4 nitrogen and oxygen atoms in total. The van der Waals surface area contributed by atoms with Crippen molar-refractivity contribution in [3.8, 4) is 0 Å². The highest BCUT2D eigenvalue weighted by Gasteiger charge is 2.73. The van der Waals surface area contributed by atoms with Gasteiger partial charge in [0.2, 0.25) is 0 Å². The van der Waals surface area contributed by atoms with Gasteiger partial charge in [0.1, 0.15) is 6.61 Å². The number of carbonyl (C=O) groups excluding carboxylic acids is 2. The number of ether oxygens (including phenoxy) is 2. The van der Waals surface area contributed by atoms with Gasteiger partial charge in [-0.15, -0.1) is 0 Å². The molecule has 0 N–H and O–H groups in total. The highest BCUT2D eigenvalue weighted by molar-refractivity contribution is 5.91. The van der Waals surface area contributed by atoms with Crippen LogP contribution in [-0.2, 0) is 19.1 Å². The summed E-state index contributed by atoms with van der Waals surface area (Å²) in [6.45, 7) is 2.62. The minimum Gasteiger partial charge on any atom is -0.348 e. The molecule has 3 saturated carbocycles. The van der Waals surface area contributed by atoms with E-state index in [-0.39, 0.29) is 35.7 Å². The molecule has 1 spiro atoms. The molecule has 6 aliphatic rings. The second-order valence-electron chi connectivity index (χ2n) is 9.62. The quantitative estimate of drug-likeness (QED) is 0.679.